The zero-order valence-electron chi connectivity index (χ0n) is 19.4. The van der Waals surface area contributed by atoms with Gasteiger partial charge in [-0.05, 0) is 65.0 Å². The molecule has 3 atom stereocenters. The van der Waals surface area contributed by atoms with Crippen molar-refractivity contribution in [3.63, 3.8) is 0 Å². The Morgan fingerprint density at radius 1 is 1.07 bits per heavy atom. The number of nitrogens with one attached hydrogen (secondary N) is 3. The molecule has 2 fully saturated rings. The number of likely N-dealkylation sites (tertiary alicyclic amines) is 1. The molecule has 6 heteroatoms. The minimum Gasteiger partial charge on any atom is -0.332 e. The summed E-state index contributed by atoms with van der Waals surface area (Å²) in [6, 6.07) is 6.77. The molecule has 30 heavy (non-hydrogen) atoms. The van der Waals surface area contributed by atoms with E-state index in [0.29, 0.717) is 24.5 Å². The fourth-order valence-corrected chi connectivity index (χ4v) is 5.21. The third-order valence-electron chi connectivity index (χ3n) is 7.19. The maximum Gasteiger partial charge on any atom is 0.281 e. The van der Waals surface area contributed by atoms with Crippen molar-refractivity contribution in [2.75, 3.05) is 38.0 Å². The van der Waals surface area contributed by atoms with Crippen LogP contribution in [0.4, 0.5) is 5.69 Å². The summed E-state index contributed by atoms with van der Waals surface area (Å²) < 4.78 is 0. The van der Waals surface area contributed by atoms with Gasteiger partial charge in [0.1, 0.15) is 26.2 Å². The first-order valence-electron chi connectivity index (χ1n) is 11.6. The van der Waals surface area contributed by atoms with Gasteiger partial charge in [0, 0.05) is 17.8 Å². The van der Waals surface area contributed by atoms with Crippen LogP contribution in [0.3, 0.4) is 0 Å². The first-order chi connectivity index (χ1) is 14.3. The van der Waals surface area contributed by atoms with Gasteiger partial charge in [-0.1, -0.05) is 18.2 Å². The van der Waals surface area contributed by atoms with Crippen molar-refractivity contribution in [2.45, 2.75) is 72.0 Å². The lowest BCUT2D eigenvalue weighted by Crippen LogP contribution is -3.30. The van der Waals surface area contributed by atoms with Crippen LogP contribution in [0.1, 0.15) is 51.2 Å². The van der Waals surface area contributed by atoms with E-state index in [0.717, 1.165) is 55.8 Å². The predicted octanol–water partition coefficient (Wildman–Crippen LogP) is 0.203. The molecule has 0 unspecified atom stereocenters. The van der Waals surface area contributed by atoms with Crippen molar-refractivity contribution >= 4 is 17.5 Å². The van der Waals surface area contributed by atoms with E-state index in [9.17, 15) is 9.59 Å². The molecule has 2 amide bonds. The molecule has 2 aliphatic heterocycles. The van der Waals surface area contributed by atoms with E-state index in [1.807, 2.05) is 32.0 Å². The maximum absolute atomic E-state index is 13.2. The third-order valence-corrected chi connectivity index (χ3v) is 7.19. The summed E-state index contributed by atoms with van der Waals surface area (Å²) in [6.45, 7) is 14.7. The molecule has 3 rings (SSSR count). The number of para-hydroxylation sites is 1. The molecular weight excluding hydrogens is 376 g/mol. The van der Waals surface area contributed by atoms with Gasteiger partial charge < -0.3 is 20.0 Å². The van der Waals surface area contributed by atoms with Crippen molar-refractivity contribution in [3.8, 4) is 0 Å². The molecule has 1 aromatic carbocycles. The Bertz CT molecular complexity index is 727. The number of carbonyl (C=O) groups is 2. The van der Waals surface area contributed by atoms with Crippen molar-refractivity contribution in [1.82, 2.24) is 4.90 Å². The molecule has 0 saturated carbocycles. The quantitative estimate of drug-likeness (QED) is 0.643. The van der Waals surface area contributed by atoms with Crippen LogP contribution in [0.15, 0.2) is 18.2 Å². The van der Waals surface area contributed by atoms with Crippen LogP contribution < -0.4 is 15.1 Å². The molecule has 0 aromatic heterocycles. The average Bonchev–Trinajstić information content (AvgIpc) is 2.70. The van der Waals surface area contributed by atoms with Crippen LogP contribution >= 0.6 is 0 Å². The topological polar surface area (TPSA) is 58.3 Å². The molecule has 2 heterocycles. The SMILES string of the molecule is Cc1cccc(C)c1NC(=O)C[NH+]1CC[NH+]([C@@H](C)C(=O)N2[C@@H](C)CCC[C@@H]2C)CC1. The van der Waals surface area contributed by atoms with Crippen LogP contribution in [0.2, 0.25) is 0 Å². The van der Waals surface area contributed by atoms with E-state index in [1.54, 1.807) is 0 Å². The summed E-state index contributed by atoms with van der Waals surface area (Å²) in [6.07, 6.45) is 3.45. The number of anilines is 1. The standard InChI is InChI=1S/C24H38N4O2/c1-17-8-6-9-18(2)23(17)25-22(29)16-26-12-14-27(15-13-26)21(5)24(30)28-19(3)10-7-11-20(28)4/h6,8-9,19-21H,7,10-16H2,1-5H3,(H,25,29)/p+2/t19-,20-,21-/m0/s1. The number of piperidine rings is 1. The van der Waals surface area contributed by atoms with Gasteiger partial charge in [-0.3, -0.25) is 9.59 Å². The van der Waals surface area contributed by atoms with Gasteiger partial charge in [0.2, 0.25) is 0 Å². The Balaban J connectivity index is 1.49. The van der Waals surface area contributed by atoms with Crippen molar-refractivity contribution in [1.29, 1.82) is 0 Å². The number of nitrogens with zero attached hydrogens (tertiary/aromatic N) is 1. The van der Waals surface area contributed by atoms with Gasteiger partial charge in [0.15, 0.2) is 12.6 Å². The number of benzene rings is 1. The molecule has 0 bridgehead atoms. The minimum absolute atomic E-state index is 0.00186. The van der Waals surface area contributed by atoms with Gasteiger partial charge in [0.25, 0.3) is 11.8 Å². The molecule has 0 spiro atoms. The summed E-state index contributed by atoms with van der Waals surface area (Å²) in [5.41, 5.74) is 3.14. The smallest absolute Gasteiger partial charge is 0.281 e. The number of carbonyl (C=O) groups excluding carboxylic acids is 2. The number of piperazine rings is 1. The summed E-state index contributed by atoms with van der Waals surface area (Å²) in [7, 11) is 0. The fourth-order valence-electron chi connectivity index (χ4n) is 5.21. The highest BCUT2D eigenvalue weighted by Crippen LogP contribution is 2.23. The Hall–Kier alpha value is -1.92. The molecule has 0 aliphatic carbocycles. The lowest BCUT2D eigenvalue weighted by atomic mass is 9.96. The van der Waals surface area contributed by atoms with Gasteiger partial charge >= 0.3 is 0 Å². The first kappa shape index (κ1) is 22.8. The highest BCUT2D eigenvalue weighted by Gasteiger charge is 2.38. The van der Waals surface area contributed by atoms with Crippen LogP contribution in [-0.4, -0.2) is 67.6 Å². The van der Waals surface area contributed by atoms with E-state index < -0.39 is 0 Å². The number of rotatable bonds is 5. The van der Waals surface area contributed by atoms with E-state index in [2.05, 4.69) is 31.0 Å². The van der Waals surface area contributed by atoms with Crippen molar-refractivity contribution in [2.24, 2.45) is 0 Å². The minimum atomic E-state index is -0.00186. The Morgan fingerprint density at radius 3 is 2.20 bits per heavy atom. The zero-order chi connectivity index (χ0) is 21.8. The summed E-state index contributed by atoms with van der Waals surface area (Å²) in [5, 5.41) is 3.10. The maximum atomic E-state index is 13.2. The van der Waals surface area contributed by atoms with Crippen LogP contribution in [0.25, 0.3) is 0 Å². The van der Waals surface area contributed by atoms with Crippen molar-refractivity contribution < 1.29 is 19.4 Å². The van der Waals surface area contributed by atoms with Gasteiger partial charge in [0.05, 0.1) is 0 Å². The normalized spacial score (nSPS) is 28.1. The van der Waals surface area contributed by atoms with Gasteiger partial charge in [-0.2, -0.15) is 0 Å². The number of hydrogen-bond donors (Lipinski definition) is 3. The second-order valence-corrected chi connectivity index (χ2v) is 9.50. The van der Waals surface area contributed by atoms with E-state index >= 15 is 0 Å². The molecule has 3 N–H and O–H groups in total. The summed E-state index contributed by atoms with van der Waals surface area (Å²) >= 11 is 0. The monoisotopic (exact) mass is 416 g/mol. The number of aryl methyl sites for hydroxylation is 2. The van der Waals surface area contributed by atoms with Crippen molar-refractivity contribution in [3.05, 3.63) is 29.3 Å². The predicted molar refractivity (Wildman–Crippen MR) is 120 cm³/mol. The fraction of sp³-hybridized carbons (Fsp3) is 0.667. The summed E-state index contributed by atoms with van der Waals surface area (Å²) in [4.78, 5) is 30.6. The molecule has 1 aromatic rings. The molecule has 0 radical (unpaired) electrons. The number of quaternary nitrogens is 2. The lowest BCUT2D eigenvalue weighted by molar-refractivity contribution is -1.02. The van der Waals surface area contributed by atoms with Crippen LogP contribution in [-0.2, 0) is 9.59 Å². The van der Waals surface area contributed by atoms with E-state index in [4.69, 9.17) is 0 Å². The number of amides is 2. The van der Waals surface area contributed by atoms with E-state index in [1.165, 1.54) is 16.2 Å². The number of hydrogen-bond acceptors (Lipinski definition) is 2. The molecule has 166 valence electrons. The second kappa shape index (κ2) is 9.92. The van der Waals surface area contributed by atoms with Gasteiger partial charge in [-0.25, -0.2) is 0 Å². The zero-order valence-corrected chi connectivity index (χ0v) is 19.4. The molecule has 2 aliphatic rings. The largest absolute Gasteiger partial charge is 0.332 e. The second-order valence-electron chi connectivity index (χ2n) is 9.50. The van der Waals surface area contributed by atoms with Crippen LogP contribution in [0, 0.1) is 13.8 Å². The Labute approximate surface area is 181 Å². The lowest BCUT2D eigenvalue weighted by Gasteiger charge is -2.42. The highest BCUT2D eigenvalue weighted by molar-refractivity contribution is 5.93. The molecular formula is C24H40N4O2+2. The molecule has 2 saturated heterocycles. The average molecular weight is 417 g/mol. The summed E-state index contributed by atoms with van der Waals surface area (Å²) in [5.74, 6) is 0.381. The Morgan fingerprint density at radius 2 is 1.63 bits per heavy atom. The molecule has 6 nitrogen and oxygen atoms in total. The van der Waals surface area contributed by atoms with Gasteiger partial charge in [-0.15, -0.1) is 0 Å². The van der Waals surface area contributed by atoms with Crippen LogP contribution in [0.5, 0.6) is 0 Å². The Kier molecular flexibility index (Phi) is 7.53. The van der Waals surface area contributed by atoms with E-state index in [-0.39, 0.29) is 11.9 Å². The third kappa shape index (κ3) is 5.22. The first-order valence-corrected chi connectivity index (χ1v) is 11.6. The highest BCUT2D eigenvalue weighted by atomic mass is 16.2.